The molecule has 1 aliphatic heterocycles. The highest BCUT2D eigenvalue weighted by molar-refractivity contribution is 7.86. The van der Waals surface area contributed by atoms with E-state index in [0.717, 1.165) is 30.5 Å². The van der Waals surface area contributed by atoms with Crippen molar-refractivity contribution >= 4 is 16.0 Å². The van der Waals surface area contributed by atoms with Crippen molar-refractivity contribution in [3.05, 3.63) is 65.7 Å². The lowest BCUT2D eigenvalue weighted by atomic mass is 10.0. The topological polar surface area (TPSA) is 94.2 Å². The van der Waals surface area contributed by atoms with E-state index in [4.69, 9.17) is 13.7 Å². The third-order valence-electron chi connectivity index (χ3n) is 5.97. The number of ether oxygens (including phenoxy) is 2. The second-order valence-electron chi connectivity index (χ2n) is 8.49. The first-order chi connectivity index (χ1) is 16.8. The summed E-state index contributed by atoms with van der Waals surface area (Å²) >= 11 is 0. The Bertz CT molecular complexity index is 1130. The van der Waals surface area contributed by atoms with Crippen LogP contribution >= 0.6 is 0 Å². The number of hydrogen-bond acceptors (Lipinski definition) is 7. The molecular formula is C26H34N2O6S. The van der Waals surface area contributed by atoms with Gasteiger partial charge in [0.2, 0.25) is 0 Å². The molecule has 190 valence electrons. The summed E-state index contributed by atoms with van der Waals surface area (Å²) in [5.74, 6) is 0.555. The molecule has 1 heterocycles. The molecule has 3 rings (SSSR count). The van der Waals surface area contributed by atoms with Gasteiger partial charge in [0.05, 0.1) is 37.5 Å². The zero-order chi connectivity index (χ0) is 25.4. The summed E-state index contributed by atoms with van der Waals surface area (Å²) < 4.78 is 41.0. The molecule has 0 saturated carbocycles. The number of carbonyl (C=O) groups excluding carboxylic acids is 1. The highest BCUT2D eigenvalue weighted by Crippen LogP contribution is 2.33. The van der Waals surface area contributed by atoms with E-state index in [2.05, 4.69) is 16.8 Å². The maximum atomic E-state index is 13.2. The lowest BCUT2D eigenvalue weighted by molar-refractivity contribution is 0.0889. The third-order valence-corrected chi connectivity index (χ3v) is 7.29. The molecule has 35 heavy (non-hydrogen) atoms. The average molecular weight is 503 g/mol. The molecule has 1 fully saturated rings. The summed E-state index contributed by atoms with van der Waals surface area (Å²) in [6.07, 6.45) is 4.57. The molecule has 0 radical (unpaired) electrons. The van der Waals surface area contributed by atoms with Gasteiger partial charge >= 0.3 is 0 Å². The summed E-state index contributed by atoms with van der Waals surface area (Å²) in [5.41, 5.74) is 2.16. The fourth-order valence-electron chi connectivity index (χ4n) is 4.16. The van der Waals surface area contributed by atoms with Crippen molar-refractivity contribution in [2.24, 2.45) is 0 Å². The highest BCUT2D eigenvalue weighted by atomic mass is 32.2. The van der Waals surface area contributed by atoms with Crippen LogP contribution in [-0.4, -0.2) is 59.3 Å². The van der Waals surface area contributed by atoms with Crippen LogP contribution in [0.4, 0.5) is 0 Å². The standard InChI is InChI=1S/C26H34N2O6S/c1-5-14-28-15-6-9-24(28)27-26(29)22-17-20(18-23(32-3)25(22)33-4)8-7-16-34-35(30,31)21-12-10-19(2)11-13-21/h5,10-13,17-18,24H,1,6-9,14-16H2,2-4H3,(H,27,29). The van der Waals surface area contributed by atoms with E-state index in [1.54, 1.807) is 24.3 Å². The van der Waals surface area contributed by atoms with Gasteiger partial charge in [-0.2, -0.15) is 8.42 Å². The van der Waals surface area contributed by atoms with Crippen LogP contribution in [0.25, 0.3) is 0 Å². The maximum Gasteiger partial charge on any atom is 0.296 e. The monoisotopic (exact) mass is 502 g/mol. The molecule has 1 unspecified atom stereocenters. The number of methoxy groups -OCH3 is 2. The molecule has 1 atom stereocenters. The molecule has 8 nitrogen and oxygen atoms in total. The Hall–Kier alpha value is -2.88. The quantitative estimate of drug-likeness (QED) is 0.269. The van der Waals surface area contributed by atoms with Gasteiger partial charge < -0.3 is 14.8 Å². The van der Waals surface area contributed by atoms with Gasteiger partial charge in [-0.1, -0.05) is 23.8 Å². The lowest BCUT2D eigenvalue weighted by Crippen LogP contribution is -2.44. The number of nitrogens with one attached hydrogen (secondary N) is 1. The minimum atomic E-state index is -3.82. The maximum absolute atomic E-state index is 13.2. The van der Waals surface area contributed by atoms with Crippen molar-refractivity contribution in [3.63, 3.8) is 0 Å². The zero-order valence-electron chi connectivity index (χ0n) is 20.6. The van der Waals surface area contributed by atoms with Crippen LogP contribution in [0, 0.1) is 6.92 Å². The van der Waals surface area contributed by atoms with Gasteiger partial charge in [-0.25, -0.2) is 0 Å². The number of rotatable bonds is 12. The number of likely N-dealkylation sites (tertiary alicyclic amines) is 1. The van der Waals surface area contributed by atoms with Gasteiger partial charge in [-0.15, -0.1) is 6.58 Å². The molecule has 1 aliphatic rings. The molecule has 0 spiro atoms. The fraction of sp³-hybridized carbons (Fsp3) is 0.423. The lowest BCUT2D eigenvalue weighted by Gasteiger charge is -2.24. The normalized spacial score (nSPS) is 16.1. The molecule has 1 N–H and O–H groups in total. The van der Waals surface area contributed by atoms with Crippen LogP contribution in [0.3, 0.4) is 0 Å². The highest BCUT2D eigenvalue weighted by Gasteiger charge is 2.27. The van der Waals surface area contributed by atoms with Crippen molar-refractivity contribution in [1.82, 2.24) is 10.2 Å². The zero-order valence-corrected chi connectivity index (χ0v) is 21.4. The largest absolute Gasteiger partial charge is 0.493 e. The number of hydrogen-bond donors (Lipinski definition) is 1. The minimum absolute atomic E-state index is 0.0185. The summed E-state index contributed by atoms with van der Waals surface area (Å²) in [4.78, 5) is 15.5. The van der Waals surface area contributed by atoms with Crippen LogP contribution in [0.1, 0.15) is 40.7 Å². The van der Waals surface area contributed by atoms with E-state index < -0.39 is 10.1 Å². The van der Waals surface area contributed by atoms with Crippen molar-refractivity contribution in [2.45, 2.75) is 43.7 Å². The van der Waals surface area contributed by atoms with Crippen molar-refractivity contribution in [3.8, 4) is 11.5 Å². The van der Waals surface area contributed by atoms with Crippen molar-refractivity contribution < 1.29 is 26.9 Å². The predicted octanol–water partition coefficient (Wildman–Crippen LogP) is 3.69. The van der Waals surface area contributed by atoms with Crippen LogP contribution in [0.5, 0.6) is 11.5 Å². The smallest absolute Gasteiger partial charge is 0.296 e. The van der Waals surface area contributed by atoms with Gasteiger partial charge in [0.15, 0.2) is 11.5 Å². The van der Waals surface area contributed by atoms with Crippen LogP contribution in [-0.2, 0) is 20.7 Å². The molecular weight excluding hydrogens is 468 g/mol. The molecule has 9 heteroatoms. The third kappa shape index (κ3) is 6.84. The average Bonchev–Trinajstić information content (AvgIpc) is 3.28. The number of nitrogens with zero attached hydrogens (tertiary/aromatic N) is 1. The van der Waals surface area contributed by atoms with Crippen LogP contribution in [0.2, 0.25) is 0 Å². The van der Waals surface area contributed by atoms with Gasteiger partial charge in [0.25, 0.3) is 16.0 Å². The first-order valence-electron chi connectivity index (χ1n) is 11.7. The molecule has 0 aliphatic carbocycles. The number of aryl methyl sites for hydroxylation is 2. The first-order valence-corrected chi connectivity index (χ1v) is 13.1. The predicted molar refractivity (Wildman–Crippen MR) is 134 cm³/mol. The Balaban J connectivity index is 1.68. The first kappa shape index (κ1) is 26.7. The Morgan fingerprint density at radius 3 is 2.60 bits per heavy atom. The number of amides is 1. The van der Waals surface area contributed by atoms with E-state index >= 15 is 0 Å². The molecule has 1 amide bonds. The minimum Gasteiger partial charge on any atom is -0.493 e. The summed E-state index contributed by atoms with van der Waals surface area (Å²) in [5, 5.41) is 3.09. The Morgan fingerprint density at radius 2 is 1.94 bits per heavy atom. The second-order valence-corrected chi connectivity index (χ2v) is 10.1. The Kier molecular flexibility index (Phi) is 9.31. The molecule has 0 bridgehead atoms. The van der Waals surface area contributed by atoms with Crippen LogP contribution in [0.15, 0.2) is 53.9 Å². The number of carbonyl (C=O) groups is 1. The Morgan fingerprint density at radius 1 is 1.20 bits per heavy atom. The summed E-state index contributed by atoms with van der Waals surface area (Å²) in [6.45, 7) is 7.31. The Labute approximate surface area is 208 Å². The summed E-state index contributed by atoms with van der Waals surface area (Å²) in [6, 6.07) is 10.1. The van der Waals surface area contributed by atoms with Crippen LogP contribution < -0.4 is 14.8 Å². The van der Waals surface area contributed by atoms with Gasteiger partial charge in [-0.05, 0) is 62.4 Å². The van der Waals surface area contributed by atoms with Gasteiger partial charge in [-0.3, -0.25) is 13.9 Å². The SMILES string of the molecule is C=CCN1CCCC1NC(=O)c1cc(CCCOS(=O)(=O)c2ccc(C)cc2)cc(OC)c1OC. The molecule has 2 aromatic carbocycles. The molecule has 1 saturated heterocycles. The number of benzene rings is 2. The van der Waals surface area contributed by atoms with Crippen molar-refractivity contribution in [2.75, 3.05) is 33.9 Å². The van der Waals surface area contributed by atoms with Gasteiger partial charge in [0, 0.05) is 13.1 Å². The van der Waals surface area contributed by atoms with E-state index in [1.165, 1.54) is 26.4 Å². The van der Waals surface area contributed by atoms with E-state index in [9.17, 15) is 13.2 Å². The van der Waals surface area contributed by atoms with E-state index in [1.807, 2.05) is 13.0 Å². The van der Waals surface area contributed by atoms with Crippen molar-refractivity contribution in [1.29, 1.82) is 0 Å². The fourth-order valence-corrected chi connectivity index (χ4v) is 5.10. The molecule has 0 aromatic heterocycles. The summed E-state index contributed by atoms with van der Waals surface area (Å²) in [7, 11) is -0.806. The van der Waals surface area contributed by atoms with E-state index in [-0.39, 0.29) is 23.6 Å². The molecule has 2 aromatic rings. The van der Waals surface area contributed by atoms with E-state index in [0.29, 0.717) is 36.4 Å². The van der Waals surface area contributed by atoms with Gasteiger partial charge in [0.1, 0.15) is 0 Å². The second kappa shape index (κ2) is 12.2.